The Hall–Kier alpha value is -3.28. The van der Waals surface area contributed by atoms with E-state index in [4.69, 9.17) is 9.47 Å². The van der Waals surface area contributed by atoms with Gasteiger partial charge in [-0.1, -0.05) is 6.07 Å². The smallest absolute Gasteiger partial charge is 0.343 e. The van der Waals surface area contributed by atoms with E-state index in [0.29, 0.717) is 22.7 Å². The molecule has 23 heavy (non-hydrogen) atoms. The first-order chi connectivity index (χ1) is 11.2. The molecule has 0 saturated carbocycles. The molecule has 6 heteroatoms. The fraction of sp³-hybridized carbons (Fsp3) is 0.0588. The van der Waals surface area contributed by atoms with Crippen molar-refractivity contribution in [2.24, 2.45) is 0 Å². The Bertz CT molecular complexity index is 929. The molecule has 0 bridgehead atoms. The van der Waals surface area contributed by atoms with Crippen molar-refractivity contribution >= 4 is 28.5 Å². The zero-order chi connectivity index (χ0) is 15.8. The Morgan fingerprint density at radius 2 is 2.04 bits per heavy atom. The number of aromatic nitrogens is 1. The molecule has 114 valence electrons. The quantitative estimate of drug-likeness (QED) is 0.563. The fourth-order valence-corrected chi connectivity index (χ4v) is 2.47. The van der Waals surface area contributed by atoms with Gasteiger partial charge in [0.2, 0.25) is 0 Å². The molecule has 6 nitrogen and oxygen atoms in total. The lowest BCUT2D eigenvalue weighted by molar-refractivity contribution is -0.118. The molecule has 0 radical (unpaired) electrons. The first kappa shape index (κ1) is 13.4. The number of fused-ring (bicyclic) bond motifs is 2. The molecule has 2 aromatic carbocycles. The van der Waals surface area contributed by atoms with Crippen LogP contribution in [-0.4, -0.2) is 23.5 Å². The molecule has 0 spiro atoms. The van der Waals surface area contributed by atoms with E-state index < -0.39 is 5.97 Å². The largest absolute Gasteiger partial charge is 0.482 e. The van der Waals surface area contributed by atoms with Gasteiger partial charge in [0.25, 0.3) is 5.91 Å². The third-order valence-corrected chi connectivity index (χ3v) is 3.59. The van der Waals surface area contributed by atoms with Crippen LogP contribution in [0.5, 0.6) is 11.5 Å². The number of rotatable bonds is 2. The number of esters is 1. The molecular weight excluding hydrogens is 296 g/mol. The molecule has 0 atom stereocenters. The number of hydrogen-bond donors (Lipinski definition) is 2. The lowest BCUT2D eigenvalue weighted by Crippen LogP contribution is -2.25. The van der Waals surface area contributed by atoms with Crippen LogP contribution in [0.1, 0.15) is 10.4 Å². The Labute approximate surface area is 131 Å². The van der Waals surface area contributed by atoms with Crippen molar-refractivity contribution in [1.82, 2.24) is 4.98 Å². The third-order valence-electron chi connectivity index (χ3n) is 3.59. The molecule has 1 amide bonds. The Morgan fingerprint density at radius 1 is 1.13 bits per heavy atom. The minimum Gasteiger partial charge on any atom is -0.482 e. The minimum atomic E-state index is -0.468. The molecular formula is C17H12N2O4. The number of carbonyl (C=O) groups is 2. The van der Waals surface area contributed by atoms with Crippen LogP contribution >= 0.6 is 0 Å². The second-order valence-electron chi connectivity index (χ2n) is 5.16. The number of amides is 1. The summed E-state index contributed by atoms with van der Waals surface area (Å²) < 4.78 is 10.6. The summed E-state index contributed by atoms with van der Waals surface area (Å²) in [7, 11) is 0. The van der Waals surface area contributed by atoms with Gasteiger partial charge in [0.05, 0.1) is 11.3 Å². The zero-order valence-electron chi connectivity index (χ0n) is 12.0. The van der Waals surface area contributed by atoms with Crippen LogP contribution in [0.4, 0.5) is 5.69 Å². The van der Waals surface area contributed by atoms with Crippen molar-refractivity contribution in [3.63, 3.8) is 0 Å². The molecule has 2 N–H and O–H groups in total. The summed E-state index contributed by atoms with van der Waals surface area (Å²) >= 11 is 0. The summed E-state index contributed by atoms with van der Waals surface area (Å²) in [6, 6.07) is 12.1. The second kappa shape index (κ2) is 5.17. The van der Waals surface area contributed by atoms with Gasteiger partial charge in [-0.05, 0) is 35.7 Å². The second-order valence-corrected chi connectivity index (χ2v) is 5.16. The van der Waals surface area contributed by atoms with E-state index >= 15 is 0 Å². The average Bonchev–Trinajstić information content (AvgIpc) is 3.02. The number of carbonyl (C=O) groups excluding carboxylic acids is 2. The van der Waals surface area contributed by atoms with Crippen LogP contribution in [0.2, 0.25) is 0 Å². The molecule has 0 saturated heterocycles. The summed E-state index contributed by atoms with van der Waals surface area (Å²) in [5, 5.41) is 3.70. The van der Waals surface area contributed by atoms with Gasteiger partial charge in [0, 0.05) is 17.8 Å². The predicted octanol–water partition coefficient (Wildman–Crippen LogP) is 2.72. The van der Waals surface area contributed by atoms with Crippen molar-refractivity contribution in [1.29, 1.82) is 0 Å². The van der Waals surface area contributed by atoms with E-state index in [9.17, 15) is 9.59 Å². The van der Waals surface area contributed by atoms with Crippen molar-refractivity contribution < 1.29 is 19.1 Å². The van der Waals surface area contributed by atoms with E-state index in [1.54, 1.807) is 30.3 Å². The first-order valence-corrected chi connectivity index (χ1v) is 7.05. The maximum Gasteiger partial charge on any atom is 0.343 e. The third kappa shape index (κ3) is 2.50. The SMILES string of the molecule is O=C1COc2ccc(OC(=O)c3ccc4cc[nH]c4c3)cc2N1. The van der Waals surface area contributed by atoms with Gasteiger partial charge < -0.3 is 19.8 Å². The van der Waals surface area contributed by atoms with Gasteiger partial charge in [0.1, 0.15) is 11.5 Å². The topological polar surface area (TPSA) is 80.4 Å². The van der Waals surface area contributed by atoms with Crippen LogP contribution in [0.25, 0.3) is 10.9 Å². The first-order valence-electron chi connectivity index (χ1n) is 7.05. The van der Waals surface area contributed by atoms with Crippen LogP contribution in [-0.2, 0) is 4.79 Å². The summed E-state index contributed by atoms with van der Waals surface area (Å²) in [5.41, 5.74) is 1.80. The molecule has 1 aliphatic heterocycles. The summed E-state index contributed by atoms with van der Waals surface area (Å²) in [6.07, 6.45) is 1.81. The van der Waals surface area contributed by atoms with Gasteiger partial charge in [-0.2, -0.15) is 0 Å². The maximum absolute atomic E-state index is 12.3. The molecule has 0 fully saturated rings. The number of hydrogen-bond acceptors (Lipinski definition) is 4. The molecule has 1 aliphatic rings. The van der Waals surface area contributed by atoms with Crippen LogP contribution in [0.3, 0.4) is 0 Å². The minimum absolute atomic E-state index is 0.0116. The highest BCUT2D eigenvalue weighted by molar-refractivity contribution is 5.97. The summed E-state index contributed by atoms with van der Waals surface area (Å²) in [6.45, 7) is -0.0116. The van der Waals surface area contributed by atoms with E-state index in [0.717, 1.165) is 10.9 Å². The molecule has 2 heterocycles. The Balaban J connectivity index is 1.58. The normalized spacial score (nSPS) is 13.1. The van der Waals surface area contributed by atoms with Crippen LogP contribution < -0.4 is 14.8 Å². The summed E-state index contributed by atoms with van der Waals surface area (Å²) in [5.74, 6) is 0.186. The van der Waals surface area contributed by atoms with Gasteiger partial charge in [-0.15, -0.1) is 0 Å². The van der Waals surface area contributed by atoms with E-state index in [1.807, 2.05) is 18.3 Å². The van der Waals surface area contributed by atoms with E-state index in [1.165, 1.54) is 0 Å². The number of H-pyrrole nitrogens is 1. The van der Waals surface area contributed by atoms with Gasteiger partial charge in [-0.3, -0.25) is 4.79 Å². The van der Waals surface area contributed by atoms with Crippen LogP contribution in [0, 0.1) is 0 Å². The van der Waals surface area contributed by atoms with E-state index in [-0.39, 0.29) is 12.5 Å². The predicted molar refractivity (Wildman–Crippen MR) is 83.8 cm³/mol. The lowest BCUT2D eigenvalue weighted by Gasteiger charge is -2.18. The molecule has 0 aliphatic carbocycles. The molecule has 1 aromatic heterocycles. The van der Waals surface area contributed by atoms with Crippen molar-refractivity contribution in [3.05, 3.63) is 54.2 Å². The maximum atomic E-state index is 12.3. The van der Waals surface area contributed by atoms with Gasteiger partial charge >= 0.3 is 5.97 Å². The standard InChI is InChI=1S/C17H12N2O4/c20-16-9-22-15-4-3-12(8-14(15)19-16)23-17(21)11-2-1-10-5-6-18-13(10)7-11/h1-8,18H,9H2,(H,19,20). The van der Waals surface area contributed by atoms with E-state index in [2.05, 4.69) is 10.3 Å². The Morgan fingerprint density at radius 3 is 2.96 bits per heavy atom. The highest BCUT2D eigenvalue weighted by Crippen LogP contribution is 2.31. The number of ether oxygens (including phenoxy) is 2. The average molecular weight is 308 g/mol. The highest BCUT2D eigenvalue weighted by Gasteiger charge is 2.17. The highest BCUT2D eigenvalue weighted by atomic mass is 16.5. The number of anilines is 1. The molecule has 3 aromatic rings. The monoisotopic (exact) mass is 308 g/mol. The lowest BCUT2D eigenvalue weighted by atomic mass is 10.1. The zero-order valence-corrected chi connectivity index (χ0v) is 12.0. The van der Waals surface area contributed by atoms with Crippen molar-refractivity contribution in [3.8, 4) is 11.5 Å². The van der Waals surface area contributed by atoms with Crippen molar-refractivity contribution in [2.75, 3.05) is 11.9 Å². The Kier molecular flexibility index (Phi) is 3.01. The number of benzene rings is 2. The molecule has 4 rings (SSSR count). The van der Waals surface area contributed by atoms with Gasteiger partial charge in [0.15, 0.2) is 6.61 Å². The van der Waals surface area contributed by atoms with Crippen LogP contribution in [0.15, 0.2) is 48.7 Å². The van der Waals surface area contributed by atoms with Crippen molar-refractivity contribution in [2.45, 2.75) is 0 Å². The van der Waals surface area contributed by atoms with Gasteiger partial charge in [-0.25, -0.2) is 4.79 Å². The fourth-order valence-electron chi connectivity index (χ4n) is 2.47. The number of nitrogens with one attached hydrogen (secondary N) is 2. The molecule has 0 unspecified atom stereocenters. The number of aromatic amines is 1. The summed E-state index contributed by atoms with van der Waals surface area (Å²) in [4.78, 5) is 26.6.